The average Bonchev–Trinajstić information content (AvgIpc) is 2.27. The highest BCUT2D eigenvalue weighted by Crippen LogP contribution is 2.00. The largest absolute Gasteiger partial charge is 0.481 e. The summed E-state index contributed by atoms with van der Waals surface area (Å²) in [4.78, 5) is 23.7. The molecular formula is C11H22N2O4. The van der Waals surface area contributed by atoms with E-state index in [1.54, 1.807) is 21.1 Å². The monoisotopic (exact) mass is 246 g/mol. The van der Waals surface area contributed by atoms with Gasteiger partial charge < -0.3 is 20.1 Å². The van der Waals surface area contributed by atoms with Gasteiger partial charge in [0, 0.05) is 20.7 Å². The van der Waals surface area contributed by atoms with Gasteiger partial charge in [-0.2, -0.15) is 0 Å². The number of aliphatic carboxylic acids is 1. The van der Waals surface area contributed by atoms with Gasteiger partial charge >= 0.3 is 12.0 Å². The maximum Gasteiger partial charge on any atom is 0.317 e. The quantitative estimate of drug-likeness (QED) is 0.695. The molecule has 6 nitrogen and oxygen atoms in total. The molecule has 0 bridgehead atoms. The summed E-state index contributed by atoms with van der Waals surface area (Å²) >= 11 is 0. The highest BCUT2D eigenvalue weighted by Gasteiger charge is 2.19. The smallest absolute Gasteiger partial charge is 0.317 e. The van der Waals surface area contributed by atoms with Crippen LogP contribution in [0.5, 0.6) is 0 Å². The number of carbonyl (C=O) groups excluding carboxylic acids is 1. The zero-order valence-electron chi connectivity index (χ0n) is 10.9. The van der Waals surface area contributed by atoms with E-state index in [4.69, 9.17) is 9.84 Å². The summed E-state index contributed by atoms with van der Waals surface area (Å²) in [6.07, 6.45) is 0.766. The van der Waals surface area contributed by atoms with Crippen LogP contribution in [0, 0.1) is 5.92 Å². The number of hydrogen-bond acceptors (Lipinski definition) is 3. The molecule has 100 valence electrons. The van der Waals surface area contributed by atoms with Gasteiger partial charge in [-0.05, 0) is 6.42 Å². The standard InChI is InChI=1S/C11H22N2O4/c1-5-9(7-17-4)12-11(16)13(3)6-8(2)10(14)15/h8-9H,5-7H2,1-4H3,(H,12,16)(H,14,15). The summed E-state index contributed by atoms with van der Waals surface area (Å²) < 4.78 is 4.97. The Morgan fingerprint density at radius 3 is 2.47 bits per heavy atom. The van der Waals surface area contributed by atoms with E-state index in [-0.39, 0.29) is 18.6 Å². The minimum atomic E-state index is -0.909. The Morgan fingerprint density at radius 1 is 1.47 bits per heavy atom. The van der Waals surface area contributed by atoms with Gasteiger partial charge in [-0.15, -0.1) is 0 Å². The number of nitrogens with zero attached hydrogens (tertiary/aromatic N) is 1. The van der Waals surface area contributed by atoms with Crippen LogP contribution >= 0.6 is 0 Å². The second-order valence-electron chi connectivity index (χ2n) is 4.13. The third-order valence-corrected chi connectivity index (χ3v) is 2.50. The van der Waals surface area contributed by atoms with Gasteiger partial charge in [-0.1, -0.05) is 13.8 Å². The summed E-state index contributed by atoms with van der Waals surface area (Å²) in [5, 5.41) is 11.5. The van der Waals surface area contributed by atoms with Crippen molar-refractivity contribution in [2.75, 3.05) is 27.3 Å². The summed E-state index contributed by atoms with van der Waals surface area (Å²) in [6.45, 7) is 4.15. The van der Waals surface area contributed by atoms with E-state index in [2.05, 4.69) is 5.32 Å². The number of carboxylic acid groups (broad SMARTS) is 1. The van der Waals surface area contributed by atoms with Gasteiger partial charge in [0.2, 0.25) is 0 Å². The number of urea groups is 1. The van der Waals surface area contributed by atoms with E-state index in [0.29, 0.717) is 6.61 Å². The fourth-order valence-corrected chi connectivity index (χ4v) is 1.32. The predicted molar refractivity (Wildman–Crippen MR) is 63.9 cm³/mol. The molecule has 6 heteroatoms. The van der Waals surface area contributed by atoms with Gasteiger partial charge in [0.25, 0.3) is 0 Å². The molecule has 0 radical (unpaired) electrons. The molecule has 0 spiro atoms. The van der Waals surface area contributed by atoms with E-state index in [1.807, 2.05) is 6.92 Å². The molecule has 17 heavy (non-hydrogen) atoms. The van der Waals surface area contributed by atoms with E-state index in [1.165, 1.54) is 4.90 Å². The molecule has 0 saturated carbocycles. The molecule has 0 aromatic rings. The number of nitrogens with one attached hydrogen (secondary N) is 1. The number of carbonyl (C=O) groups is 2. The fourth-order valence-electron chi connectivity index (χ4n) is 1.32. The van der Waals surface area contributed by atoms with Crippen LogP contribution in [-0.4, -0.2) is 55.4 Å². The lowest BCUT2D eigenvalue weighted by Crippen LogP contribution is -2.46. The van der Waals surface area contributed by atoms with Gasteiger partial charge in [0.1, 0.15) is 0 Å². The summed E-state index contributed by atoms with van der Waals surface area (Å²) in [7, 11) is 3.15. The van der Waals surface area contributed by atoms with E-state index in [0.717, 1.165) is 6.42 Å². The molecule has 0 aromatic carbocycles. The third-order valence-electron chi connectivity index (χ3n) is 2.50. The van der Waals surface area contributed by atoms with Gasteiger partial charge in [0.05, 0.1) is 18.6 Å². The first-order valence-electron chi connectivity index (χ1n) is 5.65. The number of ether oxygens (including phenoxy) is 1. The molecule has 0 aliphatic heterocycles. The van der Waals surface area contributed by atoms with Crippen molar-refractivity contribution >= 4 is 12.0 Å². The van der Waals surface area contributed by atoms with Gasteiger partial charge in [-0.3, -0.25) is 4.79 Å². The summed E-state index contributed by atoms with van der Waals surface area (Å²) in [5.74, 6) is -1.48. The molecular weight excluding hydrogens is 224 g/mol. The van der Waals surface area contributed by atoms with Crippen LogP contribution in [0.4, 0.5) is 4.79 Å². The van der Waals surface area contributed by atoms with Crippen molar-refractivity contribution < 1.29 is 19.4 Å². The Hall–Kier alpha value is -1.30. The lowest BCUT2D eigenvalue weighted by molar-refractivity contribution is -0.141. The van der Waals surface area contributed by atoms with Crippen LogP contribution in [0.1, 0.15) is 20.3 Å². The Balaban J connectivity index is 4.16. The van der Waals surface area contributed by atoms with Crippen molar-refractivity contribution in [1.29, 1.82) is 0 Å². The lowest BCUT2D eigenvalue weighted by atomic mass is 10.2. The number of amides is 2. The number of methoxy groups -OCH3 is 1. The van der Waals surface area contributed by atoms with Crippen molar-refractivity contribution in [3.63, 3.8) is 0 Å². The highest BCUT2D eigenvalue weighted by atomic mass is 16.5. The minimum absolute atomic E-state index is 0.0462. The van der Waals surface area contributed by atoms with Crippen LogP contribution < -0.4 is 5.32 Å². The van der Waals surface area contributed by atoms with Crippen LogP contribution in [0.25, 0.3) is 0 Å². The number of carboxylic acids is 1. The summed E-state index contributed by atoms with van der Waals surface area (Å²) in [6, 6.07) is -0.322. The fraction of sp³-hybridized carbons (Fsp3) is 0.818. The molecule has 0 saturated heterocycles. The molecule has 2 N–H and O–H groups in total. The first-order chi connectivity index (χ1) is 7.92. The summed E-state index contributed by atoms with van der Waals surface area (Å²) in [5.41, 5.74) is 0. The zero-order chi connectivity index (χ0) is 13.4. The van der Waals surface area contributed by atoms with E-state index >= 15 is 0 Å². The lowest BCUT2D eigenvalue weighted by Gasteiger charge is -2.23. The number of rotatable bonds is 7. The first kappa shape index (κ1) is 15.7. The van der Waals surface area contributed by atoms with Crippen LogP contribution in [-0.2, 0) is 9.53 Å². The maximum atomic E-state index is 11.7. The molecule has 0 aliphatic carbocycles. The minimum Gasteiger partial charge on any atom is -0.481 e. The zero-order valence-corrected chi connectivity index (χ0v) is 10.9. The van der Waals surface area contributed by atoms with Crippen molar-refractivity contribution in [3.8, 4) is 0 Å². The molecule has 2 unspecified atom stereocenters. The predicted octanol–water partition coefficient (Wildman–Crippen LogP) is 0.773. The Morgan fingerprint density at radius 2 is 2.06 bits per heavy atom. The molecule has 2 atom stereocenters. The SMILES string of the molecule is CCC(COC)NC(=O)N(C)CC(C)C(=O)O. The second-order valence-corrected chi connectivity index (χ2v) is 4.13. The number of hydrogen-bond donors (Lipinski definition) is 2. The molecule has 0 rings (SSSR count). The third kappa shape index (κ3) is 6.11. The van der Waals surface area contributed by atoms with Crippen molar-refractivity contribution in [3.05, 3.63) is 0 Å². The highest BCUT2D eigenvalue weighted by molar-refractivity contribution is 5.75. The first-order valence-corrected chi connectivity index (χ1v) is 5.65. The molecule has 2 amide bonds. The molecule has 0 aromatic heterocycles. The van der Waals surface area contributed by atoms with Crippen molar-refractivity contribution in [2.24, 2.45) is 5.92 Å². The van der Waals surface area contributed by atoms with E-state index in [9.17, 15) is 9.59 Å². The van der Waals surface area contributed by atoms with Crippen LogP contribution in [0.3, 0.4) is 0 Å². The molecule has 0 aliphatic rings. The maximum absolute atomic E-state index is 11.7. The second kappa shape index (κ2) is 7.89. The van der Waals surface area contributed by atoms with Crippen LogP contribution in [0.15, 0.2) is 0 Å². The van der Waals surface area contributed by atoms with E-state index < -0.39 is 11.9 Å². The Bertz CT molecular complexity index is 258. The molecule has 0 heterocycles. The Labute approximate surface area is 102 Å². The molecule has 0 fully saturated rings. The van der Waals surface area contributed by atoms with Crippen molar-refractivity contribution in [2.45, 2.75) is 26.3 Å². The van der Waals surface area contributed by atoms with Gasteiger partial charge in [0.15, 0.2) is 0 Å². The van der Waals surface area contributed by atoms with Crippen LogP contribution in [0.2, 0.25) is 0 Å². The van der Waals surface area contributed by atoms with Gasteiger partial charge in [-0.25, -0.2) is 4.79 Å². The van der Waals surface area contributed by atoms with Crippen molar-refractivity contribution in [1.82, 2.24) is 10.2 Å². The Kier molecular flexibility index (Phi) is 7.29. The normalized spacial score (nSPS) is 13.9. The average molecular weight is 246 g/mol. The topological polar surface area (TPSA) is 78.9 Å².